The lowest BCUT2D eigenvalue weighted by Crippen LogP contribution is -2.28. The summed E-state index contributed by atoms with van der Waals surface area (Å²) < 4.78 is 13.2. The Labute approximate surface area is 206 Å². The van der Waals surface area contributed by atoms with Crippen LogP contribution in [0.15, 0.2) is 60.7 Å². The molecule has 34 heavy (non-hydrogen) atoms. The summed E-state index contributed by atoms with van der Waals surface area (Å²) in [5, 5.41) is 13.5. The van der Waals surface area contributed by atoms with Gasteiger partial charge in [-0.2, -0.15) is 5.26 Å². The zero-order valence-electron chi connectivity index (χ0n) is 18.2. The smallest absolute Gasteiger partial charge is 0.229 e. The number of benzene rings is 3. The first-order chi connectivity index (χ1) is 16.3. The average molecular weight is 496 g/mol. The van der Waals surface area contributed by atoms with Gasteiger partial charge in [0.2, 0.25) is 11.8 Å². The Bertz CT molecular complexity index is 1290. The summed E-state index contributed by atoms with van der Waals surface area (Å²) >= 11 is 12.5. The largest absolute Gasteiger partial charge is 0.325 e. The Kier molecular flexibility index (Phi) is 6.87. The summed E-state index contributed by atoms with van der Waals surface area (Å²) in [6.07, 6.45) is 0.0567. The topological polar surface area (TPSA) is 73.2 Å². The van der Waals surface area contributed by atoms with E-state index in [2.05, 4.69) is 11.4 Å². The van der Waals surface area contributed by atoms with Crippen LogP contribution in [-0.2, 0) is 9.59 Å². The van der Waals surface area contributed by atoms with Crippen molar-refractivity contribution in [2.24, 2.45) is 5.92 Å². The van der Waals surface area contributed by atoms with Gasteiger partial charge in [-0.25, -0.2) is 4.39 Å². The summed E-state index contributed by atoms with van der Waals surface area (Å²) in [6.45, 7) is 2.02. The highest BCUT2D eigenvalue weighted by molar-refractivity contribution is 6.32. The van der Waals surface area contributed by atoms with Crippen LogP contribution in [0.25, 0.3) is 0 Å². The minimum Gasteiger partial charge on any atom is -0.325 e. The van der Waals surface area contributed by atoms with Crippen LogP contribution < -0.4 is 10.2 Å². The Balaban J connectivity index is 1.51. The number of nitriles is 1. The molecule has 2 atom stereocenters. The third-order valence-electron chi connectivity index (χ3n) is 5.88. The number of carbonyl (C=O) groups excluding carboxylic acids is 2. The van der Waals surface area contributed by atoms with Gasteiger partial charge in [0.15, 0.2) is 0 Å². The van der Waals surface area contributed by atoms with Gasteiger partial charge in [-0.3, -0.25) is 9.59 Å². The van der Waals surface area contributed by atoms with Crippen molar-refractivity contribution >= 4 is 46.4 Å². The molecule has 0 radical (unpaired) electrons. The van der Waals surface area contributed by atoms with E-state index in [0.717, 1.165) is 11.1 Å². The molecule has 4 rings (SSSR count). The standard InChI is InChI=1S/C26H20Cl2FN3O2/c1-15-10-21(22(13-30)16-2-4-18(27)5-3-16)23(28)12-24(15)31-26(34)17-11-25(33)32(14-17)20-8-6-19(29)7-9-20/h2-10,12,17,22H,11,14H2,1H3,(H,31,34)/t17-,22-/m0/s1. The van der Waals surface area contributed by atoms with Crippen LogP contribution in [-0.4, -0.2) is 18.4 Å². The molecule has 0 spiro atoms. The molecule has 1 heterocycles. The first kappa shape index (κ1) is 23.7. The van der Waals surface area contributed by atoms with Crippen molar-refractivity contribution in [1.82, 2.24) is 0 Å². The quantitative estimate of drug-likeness (QED) is 0.465. The van der Waals surface area contributed by atoms with Crippen molar-refractivity contribution in [2.45, 2.75) is 19.3 Å². The van der Waals surface area contributed by atoms with E-state index >= 15 is 0 Å². The predicted molar refractivity (Wildman–Crippen MR) is 131 cm³/mol. The molecule has 0 unspecified atom stereocenters. The fraction of sp³-hybridized carbons (Fsp3) is 0.192. The molecule has 0 aliphatic carbocycles. The highest BCUT2D eigenvalue weighted by atomic mass is 35.5. The summed E-state index contributed by atoms with van der Waals surface area (Å²) in [7, 11) is 0. The van der Waals surface area contributed by atoms with Crippen LogP contribution in [0.1, 0.15) is 29.0 Å². The van der Waals surface area contributed by atoms with Crippen molar-refractivity contribution in [2.75, 3.05) is 16.8 Å². The predicted octanol–water partition coefficient (Wildman–Crippen LogP) is 6.09. The molecular formula is C26H20Cl2FN3O2. The molecule has 1 aliphatic heterocycles. The second-order valence-corrected chi connectivity index (χ2v) is 9.02. The van der Waals surface area contributed by atoms with Crippen molar-refractivity contribution < 1.29 is 14.0 Å². The average Bonchev–Trinajstić information content (AvgIpc) is 3.21. The van der Waals surface area contributed by atoms with E-state index in [1.165, 1.54) is 29.2 Å². The summed E-state index contributed by atoms with van der Waals surface area (Å²) in [6, 6.07) is 18.3. The molecule has 1 N–H and O–H groups in total. The molecule has 3 aromatic carbocycles. The molecule has 1 saturated heterocycles. The molecule has 0 saturated carbocycles. The Morgan fingerprint density at radius 2 is 1.82 bits per heavy atom. The molecule has 1 aliphatic rings. The van der Waals surface area contributed by atoms with Crippen molar-refractivity contribution in [1.29, 1.82) is 5.26 Å². The van der Waals surface area contributed by atoms with E-state index in [0.29, 0.717) is 27.0 Å². The lowest BCUT2D eigenvalue weighted by atomic mass is 9.91. The number of carbonyl (C=O) groups is 2. The number of halogens is 3. The second-order valence-electron chi connectivity index (χ2n) is 8.17. The van der Waals surface area contributed by atoms with E-state index in [1.807, 2.05) is 6.92 Å². The fourth-order valence-corrected chi connectivity index (χ4v) is 4.43. The number of rotatable bonds is 5. The van der Waals surface area contributed by atoms with Crippen LogP contribution >= 0.6 is 23.2 Å². The Morgan fingerprint density at radius 3 is 2.47 bits per heavy atom. The fourth-order valence-electron chi connectivity index (χ4n) is 4.03. The van der Waals surface area contributed by atoms with Crippen LogP contribution in [0.4, 0.5) is 15.8 Å². The lowest BCUT2D eigenvalue weighted by molar-refractivity contribution is -0.122. The maximum absolute atomic E-state index is 13.2. The SMILES string of the molecule is Cc1cc([C@@H](C#N)c2ccc(Cl)cc2)c(Cl)cc1NC(=O)[C@H]1CC(=O)N(c2ccc(F)cc2)C1. The number of hydrogen-bond donors (Lipinski definition) is 1. The van der Waals surface area contributed by atoms with Crippen LogP contribution in [0.5, 0.6) is 0 Å². The van der Waals surface area contributed by atoms with Gasteiger partial charge in [0.25, 0.3) is 0 Å². The molecule has 8 heteroatoms. The van der Waals surface area contributed by atoms with Crippen LogP contribution in [0, 0.1) is 30.0 Å². The van der Waals surface area contributed by atoms with E-state index in [9.17, 15) is 19.2 Å². The number of anilines is 2. The maximum atomic E-state index is 13.2. The zero-order chi connectivity index (χ0) is 24.4. The lowest BCUT2D eigenvalue weighted by Gasteiger charge is -2.18. The molecule has 1 fully saturated rings. The maximum Gasteiger partial charge on any atom is 0.229 e. The van der Waals surface area contributed by atoms with Crippen LogP contribution in [0.3, 0.4) is 0 Å². The molecular weight excluding hydrogens is 476 g/mol. The van der Waals surface area contributed by atoms with Gasteiger partial charge in [0, 0.05) is 34.4 Å². The molecule has 2 amide bonds. The third-order valence-corrected chi connectivity index (χ3v) is 6.46. The summed E-state index contributed by atoms with van der Waals surface area (Å²) in [5.74, 6) is -2.05. The number of hydrogen-bond acceptors (Lipinski definition) is 3. The van der Waals surface area contributed by atoms with E-state index in [4.69, 9.17) is 23.2 Å². The first-order valence-electron chi connectivity index (χ1n) is 10.6. The van der Waals surface area contributed by atoms with Crippen molar-refractivity contribution in [3.05, 3.63) is 93.2 Å². The third kappa shape index (κ3) is 4.91. The zero-order valence-corrected chi connectivity index (χ0v) is 19.7. The molecule has 5 nitrogen and oxygen atoms in total. The van der Waals surface area contributed by atoms with Gasteiger partial charge in [-0.1, -0.05) is 41.4 Å². The first-order valence-corrected chi connectivity index (χ1v) is 11.3. The highest BCUT2D eigenvalue weighted by Crippen LogP contribution is 2.35. The molecule has 172 valence electrons. The molecule has 0 aromatic heterocycles. The van der Waals surface area contributed by atoms with Crippen LogP contribution in [0.2, 0.25) is 10.0 Å². The van der Waals surface area contributed by atoms with Gasteiger partial charge in [0.05, 0.1) is 17.9 Å². The normalized spacial score (nSPS) is 16.3. The number of aryl methyl sites for hydroxylation is 1. The van der Waals surface area contributed by atoms with Gasteiger partial charge in [-0.05, 0) is 66.1 Å². The van der Waals surface area contributed by atoms with Crippen molar-refractivity contribution in [3.8, 4) is 6.07 Å². The minimum atomic E-state index is -0.593. The molecule has 0 bridgehead atoms. The highest BCUT2D eigenvalue weighted by Gasteiger charge is 2.35. The Morgan fingerprint density at radius 1 is 1.15 bits per heavy atom. The number of amides is 2. The van der Waals surface area contributed by atoms with Gasteiger partial charge in [-0.15, -0.1) is 0 Å². The summed E-state index contributed by atoms with van der Waals surface area (Å²) in [4.78, 5) is 26.9. The molecule has 3 aromatic rings. The van der Waals surface area contributed by atoms with Gasteiger partial charge < -0.3 is 10.2 Å². The summed E-state index contributed by atoms with van der Waals surface area (Å²) in [5.41, 5.74) is 3.19. The number of nitrogens with zero attached hydrogens (tertiary/aromatic N) is 2. The van der Waals surface area contributed by atoms with E-state index in [-0.39, 0.29) is 24.8 Å². The van der Waals surface area contributed by atoms with Gasteiger partial charge >= 0.3 is 0 Å². The monoisotopic (exact) mass is 495 g/mol. The van der Waals surface area contributed by atoms with Gasteiger partial charge in [0.1, 0.15) is 5.82 Å². The van der Waals surface area contributed by atoms with E-state index in [1.54, 1.807) is 36.4 Å². The second kappa shape index (κ2) is 9.84. The van der Waals surface area contributed by atoms with Crippen molar-refractivity contribution in [3.63, 3.8) is 0 Å². The Hall–Kier alpha value is -3.40. The number of nitrogens with one attached hydrogen (secondary N) is 1. The minimum absolute atomic E-state index is 0.0567. The van der Waals surface area contributed by atoms with E-state index < -0.39 is 17.7 Å².